The molecule has 1 amide bonds. The maximum absolute atomic E-state index is 11.5. The first-order valence-electron chi connectivity index (χ1n) is 9.56. The topological polar surface area (TPSA) is 64.0 Å². The quantitative estimate of drug-likeness (QED) is 0.814. The van der Waals surface area contributed by atoms with E-state index in [1.165, 1.54) is 5.57 Å². The summed E-state index contributed by atoms with van der Waals surface area (Å²) in [6.07, 6.45) is 5.32. The summed E-state index contributed by atoms with van der Waals surface area (Å²) in [7, 11) is 0. The van der Waals surface area contributed by atoms with Gasteiger partial charge in [0.05, 0.1) is 0 Å². The lowest BCUT2D eigenvalue weighted by molar-refractivity contribution is -0.130. The van der Waals surface area contributed by atoms with Crippen LogP contribution in [0.15, 0.2) is 17.7 Å². The van der Waals surface area contributed by atoms with Gasteiger partial charge in [0.15, 0.2) is 0 Å². The number of allylic oxidation sites excluding steroid dienone is 2. The summed E-state index contributed by atoms with van der Waals surface area (Å²) in [5.41, 5.74) is 3.80. The van der Waals surface area contributed by atoms with Crippen molar-refractivity contribution in [2.45, 2.75) is 52.5 Å². The minimum absolute atomic E-state index is 0.0812. The number of hydrogen-bond donors (Lipinski definition) is 2. The van der Waals surface area contributed by atoms with E-state index >= 15 is 0 Å². The van der Waals surface area contributed by atoms with Crippen LogP contribution in [-0.4, -0.2) is 52.1 Å². The molecule has 1 fully saturated rings. The van der Waals surface area contributed by atoms with E-state index < -0.39 is 0 Å². The predicted molar refractivity (Wildman–Crippen MR) is 102 cm³/mol. The van der Waals surface area contributed by atoms with E-state index in [1.54, 1.807) is 13.0 Å². The summed E-state index contributed by atoms with van der Waals surface area (Å²) in [6.45, 7) is 9.36. The zero-order valence-corrected chi connectivity index (χ0v) is 16.1. The van der Waals surface area contributed by atoms with Crippen molar-refractivity contribution in [2.75, 3.05) is 26.2 Å². The summed E-state index contributed by atoms with van der Waals surface area (Å²) >= 11 is 0. The van der Waals surface area contributed by atoms with Crippen LogP contribution in [0.5, 0.6) is 11.5 Å². The normalized spacial score (nSPS) is 21.6. The number of nitrogens with zero attached hydrogens (tertiary/aromatic N) is 2. The Morgan fingerprint density at radius 3 is 2.50 bits per heavy atom. The average Bonchev–Trinajstić information content (AvgIpc) is 2.59. The number of phenolic OH excluding ortho intramolecular Hbond substituents is 2. The van der Waals surface area contributed by atoms with Gasteiger partial charge in [-0.05, 0) is 44.7 Å². The summed E-state index contributed by atoms with van der Waals surface area (Å²) < 4.78 is 0. The van der Waals surface area contributed by atoms with Crippen molar-refractivity contribution in [3.63, 3.8) is 0 Å². The number of aromatic hydroxyl groups is 2. The highest BCUT2D eigenvalue weighted by molar-refractivity contribution is 5.73. The molecule has 5 heteroatoms. The number of aryl methyl sites for hydroxylation is 1. The SMILES string of the molecule is CC(=O)N1CCN(Cc2c(C)cc(O)c(C3C=C(C)CCC3)c2O)CC1. The number of amides is 1. The summed E-state index contributed by atoms with van der Waals surface area (Å²) in [4.78, 5) is 15.6. The molecular formula is C21H30N2O3. The molecule has 0 spiro atoms. The fourth-order valence-electron chi connectivity index (χ4n) is 4.19. The molecule has 3 rings (SSSR count). The van der Waals surface area contributed by atoms with Crippen LogP contribution in [0.2, 0.25) is 0 Å². The zero-order valence-electron chi connectivity index (χ0n) is 16.1. The number of carbonyl (C=O) groups is 1. The van der Waals surface area contributed by atoms with Crippen molar-refractivity contribution in [1.82, 2.24) is 9.80 Å². The summed E-state index contributed by atoms with van der Waals surface area (Å²) in [6, 6.07) is 1.79. The third kappa shape index (κ3) is 3.88. The number of hydrogen-bond acceptors (Lipinski definition) is 4. The van der Waals surface area contributed by atoms with Gasteiger partial charge in [-0.3, -0.25) is 9.69 Å². The van der Waals surface area contributed by atoms with Gasteiger partial charge < -0.3 is 15.1 Å². The molecule has 1 unspecified atom stereocenters. The van der Waals surface area contributed by atoms with Gasteiger partial charge >= 0.3 is 0 Å². The monoisotopic (exact) mass is 358 g/mol. The van der Waals surface area contributed by atoms with Crippen molar-refractivity contribution >= 4 is 5.91 Å². The maximum atomic E-state index is 11.5. The number of phenols is 2. The van der Waals surface area contributed by atoms with Crippen molar-refractivity contribution in [1.29, 1.82) is 0 Å². The molecule has 142 valence electrons. The third-order valence-electron chi connectivity index (χ3n) is 5.79. The first kappa shape index (κ1) is 18.8. The molecule has 1 aromatic rings. The van der Waals surface area contributed by atoms with Crippen LogP contribution in [0, 0.1) is 6.92 Å². The molecular weight excluding hydrogens is 328 g/mol. The van der Waals surface area contributed by atoms with Gasteiger partial charge in [0, 0.05) is 56.7 Å². The second-order valence-electron chi connectivity index (χ2n) is 7.75. The second-order valence-corrected chi connectivity index (χ2v) is 7.75. The number of rotatable bonds is 3. The Morgan fingerprint density at radius 2 is 1.88 bits per heavy atom. The first-order chi connectivity index (χ1) is 12.4. The Bertz CT molecular complexity index is 718. The molecule has 2 N–H and O–H groups in total. The van der Waals surface area contributed by atoms with Gasteiger partial charge in [-0.25, -0.2) is 0 Å². The molecule has 26 heavy (non-hydrogen) atoms. The highest BCUT2D eigenvalue weighted by Crippen LogP contribution is 2.43. The molecule has 5 nitrogen and oxygen atoms in total. The van der Waals surface area contributed by atoms with Gasteiger partial charge in [0.25, 0.3) is 0 Å². The largest absolute Gasteiger partial charge is 0.507 e. The van der Waals surface area contributed by atoms with E-state index in [-0.39, 0.29) is 23.3 Å². The lowest BCUT2D eigenvalue weighted by Crippen LogP contribution is -2.47. The zero-order chi connectivity index (χ0) is 18.8. The minimum atomic E-state index is 0.0812. The van der Waals surface area contributed by atoms with Crippen LogP contribution in [0.1, 0.15) is 55.7 Å². The molecule has 0 saturated carbocycles. The Morgan fingerprint density at radius 1 is 1.19 bits per heavy atom. The van der Waals surface area contributed by atoms with Crippen LogP contribution in [0.25, 0.3) is 0 Å². The van der Waals surface area contributed by atoms with Crippen LogP contribution < -0.4 is 0 Å². The van der Waals surface area contributed by atoms with E-state index in [4.69, 9.17) is 0 Å². The van der Waals surface area contributed by atoms with Crippen molar-refractivity contribution < 1.29 is 15.0 Å². The molecule has 1 heterocycles. The second kappa shape index (κ2) is 7.70. The molecule has 0 bridgehead atoms. The summed E-state index contributed by atoms with van der Waals surface area (Å²) in [5, 5.41) is 21.5. The molecule has 0 aromatic heterocycles. The van der Waals surface area contributed by atoms with E-state index in [1.807, 2.05) is 11.8 Å². The molecule has 1 atom stereocenters. The Kier molecular flexibility index (Phi) is 5.56. The fourth-order valence-corrected chi connectivity index (χ4v) is 4.19. The lowest BCUT2D eigenvalue weighted by atomic mass is 9.83. The Labute approximate surface area is 155 Å². The fraction of sp³-hybridized carbons (Fsp3) is 0.571. The van der Waals surface area contributed by atoms with Crippen LogP contribution in [0.4, 0.5) is 0 Å². The standard InChI is InChI=1S/C21H30N2O3/c1-14-5-4-6-17(11-14)20-19(25)12-15(2)18(21(20)26)13-22-7-9-23(10-8-22)16(3)24/h11-12,17,25-26H,4-10,13H2,1-3H3. The molecule has 2 aliphatic rings. The molecule has 1 aliphatic heterocycles. The van der Waals surface area contributed by atoms with E-state index in [0.717, 1.165) is 56.6 Å². The number of carbonyl (C=O) groups excluding carboxylic acids is 1. The highest BCUT2D eigenvalue weighted by atomic mass is 16.3. The Balaban J connectivity index is 1.83. The van der Waals surface area contributed by atoms with Crippen LogP contribution >= 0.6 is 0 Å². The molecule has 0 radical (unpaired) electrons. The summed E-state index contributed by atoms with van der Waals surface area (Å²) in [5.74, 6) is 0.640. The van der Waals surface area contributed by atoms with Gasteiger partial charge in [-0.2, -0.15) is 0 Å². The van der Waals surface area contributed by atoms with Gasteiger partial charge in [0.2, 0.25) is 5.91 Å². The van der Waals surface area contributed by atoms with Crippen molar-refractivity contribution in [3.05, 3.63) is 34.4 Å². The van der Waals surface area contributed by atoms with Gasteiger partial charge in [-0.15, -0.1) is 0 Å². The van der Waals surface area contributed by atoms with Crippen molar-refractivity contribution in [3.8, 4) is 11.5 Å². The van der Waals surface area contributed by atoms with E-state index in [0.29, 0.717) is 12.1 Å². The average molecular weight is 358 g/mol. The van der Waals surface area contributed by atoms with E-state index in [9.17, 15) is 15.0 Å². The number of benzene rings is 1. The van der Waals surface area contributed by atoms with E-state index in [2.05, 4.69) is 17.9 Å². The molecule has 1 aromatic carbocycles. The molecule has 1 saturated heterocycles. The smallest absolute Gasteiger partial charge is 0.219 e. The lowest BCUT2D eigenvalue weighted by Gasteiger charge is -2.35. The minimum Gasteiger partial charge on any atom is -0.507 e. The Hall–Kier alpha value is -2.01. The number of piperazine rings is 1. The van der Waals surface area contributed by atoms with Gasteiger partial charge in [0.1, 0.15) is 11.5 Å². The molecule has 1 aliphatic carbocycles. The van der Waals surface area contributed by atoms with Crippen LogP contribution in [0.3, 0.4) is 0 Å². The van der Waals surface area contributed by atoms with Crippen molar-refractivity contribution in [2.24, 2.45) is 0 Å². The maximum Gasteiger partial charge on any atom is 0.219 e. The van der Waals surface area contributed by atoms with Crippen LogP contribution in [-0.2, 0) is 11.3 Å². The highest BCUT2D eigenvalue weighted by Gasteiger charge is 2.26. The predicted octanol–water partition coefficient (Wildman–Crippen LogP) is 3.28. The van der Waals surface area contributed by atoms with Gasteiger partial charge in [-0.1, -0.05) is 11.6 Å². The first-order valence-corrected chi connectivity index (χ1v) is 9.56. The third-order valence-corrected chi connectivity index (χ3v) is 5.79.